The fourth-order valence-electron chi connectivity index (χ4n) is 4.68. The highest BCUT2D eigenvalue weighted by Gasteiger charge is 2.31. The molecule has 1 heterocycles. The Morgan fingerprint density at radius 3 is 2.46 bits per heavy atom. The Balaban J connectivity index is 1.58. The predicted molar refractivity (Wildman–Crippen MR) is 147 cm³/mol. The summed E-state index contributed by atoms with van der Waals surface area (Å²) in [5.41, 5.74) is 2.03. The fraction of sp³-hybridized carbons (Fsp3) is 0.310. The number of H-pyrrole nitrogens is 1. The van der Waals surface area contributed by atoms with Crippen LogP contribution in [0.2, 0.25) is 0 Å². The number of amides is 1. The van der Waals surface area contributed by atoms with Crippen molar-refractivity contribution in [1.29, 1.82) is 0 Å². The van der Waals surface area contributed by atoms with Gasteiger partial charge in [-0.25, -0.2) is 8.42 Å². The van der Waals surface area contributed by atoms with Crippen molar-refractivity contribution >= 4 is 43.9 Å². The van der Waals surface area contributed by atoms with Crippen LogP contribution in [0.25, 0.3) is 21.7 Å². The molecule has 0 fully saturated rings. The minimum Gasteiger partial charge on any atom is -0.361 e. The van der Waals surface area contributed by atoms with Gasteiger partial charge >= 0.3 is 0 Å². The van der Waals surface area contributed by atoms with Crippen molar-refractivity contribution < 1.29 is 18.0 Å². The van der Waals surface area contributed by atoms with Gasteiger partial charge in [-0.1, -0.05) is 74.9 Å². The van der Waals surface area contributed by atoms with E-state index in [-0.39, 0.29) is 16.9 Å². The topological polar surface area (TPSA) is 108 Å². The number of fused-ring (bicyclic) bond motifs is 2. The molecule has 3 N–H and O–H groups in total. The van der Waals surface area contributed by atoms with Crippen LogP contribution in [0.1, 0.15) is 38.7 Å². The Morgan fingerprint density at radius 1 is 1.00 bits per heavy atom. The minimum absolute atomic E-state index is 0.142. The van der Waals surface area contributed by atoms with E-state index in [1.807, 2.05) is 62.5 Å². The van der Waals surface area contributed by atoms with E-state index in [9.17, 15) is 18.0 Å². The molecule has 4 aromatic rings. The van der Waals surface area contributed by atoms with Gasteiger partial charge in [0.1, 0.15) is 12.3 Å². The summed E-state index contributed by atoms with van der Waals surface area (Å²) in [6.45, 7) is 3.78. The number of benzene rings is 3. The maximum atomic E-state index is 13.5. The maximum Gasteiger partial charge on any atom is 0.241 e. The molecule has 194 valence electrons. The fourth-order valence-corrected chi connectivity index (χ4v) is 6.21. The number of nitrogens with one attached hydrogen (secondary N) is 3. The monoisotopic (exact) mass is 519 g/mol. The molecule has 37 heavy (non-hydrogen) atoms. The molecule has 1 aromatic heterocycles. The molecule has 0 radical (unpaired) electrons. The van der Waals surface area contributed by atoms with Gasteiger partial charge in [-0.2, -0.15) is 4.72 Å². The highest BCUT2D eigenvalue weighted by Crippen LogP contribution is 2.24. The Bertz CT molecular complexity index is 1490. The van der Waals surface area contributed by atoms with Crippen LogP contribution >= 0.6 is 0 Å². The van der Waals surface area contributed by atoms with Crippen LogP contribution in [0.3, 0.4) is 0 Å². The van der Waals surface area contributed by atoms with E-state index >= 15 is 0 Å². The van der Waals surface area contributed by atoms with E-state index in [0.29, 0.717) is 31.1 Å². The first-order chi connectivity index (χ1) is 17.8. The number of para-hydroxylation sites is 1. The molecule has 0 aliphatic heterocycles. The Hall–Kier alpha value is -3.49. The van der Waals surface area contributed by atoms with Crippen LogP contribution in [0, 0.1) is 5.92 Å². The number of aromatic amines is 1. The first kappa shape index (κ1) is 26.6. The molecule has 0 unspecified atom stereocenters. The van der Waals surface area contributed by atoms with Crippen molar-refractivity contribution in [3.63, 3.8) is 0 Å². The average molecular weight is 520 g/mol. The number of carbonyl (C=O) groups is 2. The van der Waals surface area contributed by atoms with Crippen LogP contribution in [0.5, 0.6) is 0 Å². The Kier molecular flexibility index (Phi) is 8.41. The molecular formula is C29H33N3O4S. The van der Waals surface area contributed by atoms with E-state index < -0.39 is 22.0 Å². The SMILES string of the molecule is CC[C@H](C)[C@H](NS(=O)(=O)c1cccc2ccccc12)C(=O)N[C@H](CCC=O)Cc1c[nH]c2ccccc12. The van der Waals surface area contributed by atoms with Gasteiger partial charge in [0.05, 0.1) is 4.90 Å². The first-order valence-electron chi connectivity index (χ1n) is 12.6. The van der Waals surface area contributed by atoms with Gasteiger partial charge in [-0.15, -0.1) is 0 Å². The molecule has 3 atom stereocenters. The number of sulfonamides is 1. The molecule has 0 spiro atoms. The summed E-state index contributed by atoms with van der Waals surface area (Å²) in [6.07, 6.45) is 4.63. The van der Waals surface area contributed by atoms with Crippen molar-refractivity contribution in [3.05, 3.63) is 78.5 Å². The molecule has 3 aromatic carbocycles. The van der Waals surface area contributed by atoms with E-state index in [2.05, 4.69) is 15.0 Å². The smallest absolute Gasteiger partial charge is 0.241 e. The normalized spacial score (nSPS) is 14.3. The van der Waals surface area contributed by atoms with E-state index in [4.69, 9.17) is 0 Å². The van der Waals surface area contributed by atoms with Crippen LogP contribution in [-0.4, -0.2) is 37.7 Å². The van der Waals surface area contributed by atoms with Gasteiger partial charge in [-0.3, -0.25) is 4.79 Å². The molecular weight excluding hydrogens is 486 g/mol. The lowest BCUT2D eigenvalue weighted by Crippen LogP contribution is -2.52. The highest BCUT2D eigenvalue weighted by molar-refractivity contribution is 7.89. The lowest BCUT2D eigenvalue weighted by Gasteiger charge is -2.27. The lowest BCUT2D eigenvalue weighted by molar-refractivity contribution is -0.124. The lowest BCUT2D eigenvalue weighted by atomic mass is 9.97. The van der Waals surface area contributed by atoms with Gasteiger partial charge in [0.15, 0.2) is 0 Å². The van der Waals surface area contributed by atoms with Gasteiger partial charge in [-0.05, 0) is 41.8 Å². The Morgan fingerprint density at radius 2 is 1.70 bits per heavy atom. The number of rotatable bonds is 12. The second kappa shape index (κ2) is 11.7. The third kappa shape index (κ3) is 6.09. The number of hydrogen-bond acceptors (Lipinski definition) is 4. The first-order valence-corrected chi connectivity index (χ1v) is 14.1. The summed E-state index contributed by atoms with van der Waals surface area (Å²) in [4.78, 5) is 28.1. The van der Waals surface area contributed by atoms with Crippen molar-refractivity contribution in [1.82, 2.24) is 15.0 Å². The number of aldehydes is 1. The zero-order valence-corrected chi connectivity index (χ0v) is 21.9. The summed E-state index contributed by atoms with van der Waals surface area (Å²) in [5, 5.41) is 5.51. The molecule has 7 nitrogen and oxygen atoms in total. The molecule has 0 aliphatic carbocycles. The molecule has 8 heteroatoms. The summed E-state index contributed by atoms with van der Waals surface area (Å²) >= 11 is 0. The highest BCUT2D eigenvalue weighted by atomic mass is 32.2. The van der Waals surface area contributed by atoms with Crippen molar-refractivity contribution in [2.45, 2.75) is 56.5 Å². The van der Waals surface area contributed by atoms with Crippen LogP contribution < -0.4 is 10.0 Å². The van der Waals surface area contributed by atoms with Crippen LogP contribution in [0.4, 0.5) is 0 Å². The molecule has 4 rings (SSSR count). The predicted octanol–water partition coefficient (Wildman–Crippen LogP) is 4.72. The summed E-state index contributed by atoms with van der Waals surface area (Å²) in [5.74, 6) is -0.640. The number of aromatic nitrogens is 1. The van der Waals surface area contributed by atoms with Gasteiger partial charge in [0.2, 0.25) is 15.9 Å². The molecule has 0 aliphatic rings. The third-order valence-electron chi connectivity index (χ3n) is 6.94. The molecule has 0 saturated heterocycles. The zero-order chi connectivity index (χ0) is 26.4. The number of hydrogen-bond donors (Lipinski definition) is 3. The third-order valence-corrected chi connectivity index (χ3v) is 8.44. The van der Waals surface area contributed by atoms with Gasteiger partial charge in [0, 0.05) is 34.9 Å². The maximum absolute atomic E-state index is 13.5. The summed E-state index contributed by atoms with van der Waals surface area (Å²) < 4.78 is 29.7. The van der Waals surface area contributed by atoms with E-state index in [0.717, 1.165) is 28.1 Å². The molecule has 0 bridgehead atoms. The van der Waals surface area contributed by atoms with Gasteiger partial charge < -0.3 is 15.1 Å². The van der Waals surface area contributed by atoms with Crippen molar-refractivity contribution in [2.75, 3.05) is 0 Å². The quantitative estimate of drug-likeness (QED) is 0.235. The van der Waals surface area contributed by atoms with E-state index in [1.165, 1.54) is 0 Å². The largest absolute Gasteiger partial charge is 0.361 e. The summed E-state index contributed by atoms with van der Waals surface area (Å²) in [7, 11) is -3.99. The van der Waals surface area contributed by atoms with E-state index in [1.54, 1.807) is 24.3 Å². The second-order valence-corrected chi connectivity index (χ2v) is 11.2. The molecule has 0 saturated carbocycles. The number of carbonyl (C=O) groups excluding carboxylic acids is 2. The van der Waals surface area contributed by atoms with Gasteiger partial charge in [0.25, 0.3) is 0 Å². The Labute approximate surface area is 217 Å². The average Bonchev–Trinajstić information content (AvgIpc) is 3.32. The van der Waals surface area contributed by atoms with Crippen molar-refractivity contribution in [2.24, 2.45) is 5.92 Å². The second-order valence-electron chi connectivity index (χ2n) is 9.47. The standard InChI is InChI=1S/C29H33N3O4S/c1-3-20(2)28(32-37(35,36)27-16-8-11-21-10-4-5-14-25(21)27)29(34)31-23(12-9-17-33)18-22-19-30-26-15-7-6-13-24(22)26/h4-8,10-11,13-17,19-20,23,28,30,32H,3,9,12,18H2,1-2H3,(H,31,34)/t20-,23+,28-/m0/s1. The minimum atomic E-state index is -3.99. The summed E-state index contributed by atoms with van der Waals surface area (Å²) in [6, 6.07) is 19.0. The molecule has 1 amide bonds. The van der Waals surface area contributed by atoms with Crippen LogP contribution in [-0.2, 0) is 26.0 Å². The van der Waals surface area contributed by atoms with Crippen molar-refractivity contribution in [3.8, 4) is 0 Å². The van der Waals surface area contributed by atoms with Crippen LogP contribution in [0.15, 0.2) is 77.8 Å². The zero-order valence-electron chi connectivity index (χ0n) is 21.1.